The molecule has 45 heteroatoms. The molecule has 0 aliphatic heterocycles. The molecule has 142 heavy (non-hydrogen) atoms. The third kappa shape index (κ3) is 35.0. The van der Waals surface area contributed by atoms with E-state index in [1.54, 1.807) is 94.1 Å². The van der Waals surface area contributed by atoms with Gasteiger partial charge in [-0.25, -0.2) is 29.9 Å². The standard InChI is InChI=1S/C17H19N3O3S.C17H19N3O2S.C16H14F3N3OS.C16H17N3O2S.C13H11N3O2S.C13H11N3S.CO.4CH4.F2.5H2O.H2/c1-10-8-18-15(11(2)16(10)23-4)9-24(21)17-19-13-6-5-12(22-3)7-14(13)20-17;1-12-15(18-8-7-16(12)22-10-4-9-21)11-23-17-19-13-5-2-3-6-14(13)20-17;1-10-13(20-7-6-14(10)23-9-16(17,18)19)8-24-15-21-11-4-2-3-5-12(11)22-15;1-9-7-17-14(10(2)15(9)21-3)8-22-16-18-12-5-4-11(20)6-13(12)19-16;17-11-5-6-14-10(12(11)18)7-19-13-15-8-3-1-2-4-9(8)16-13;1-2-7-12-11(6-1)15-13(16-12)17-9-10-5-3-4-8-14-10;1-2;;;;;1-2;;;;;;/h5-8H,9H2,1-4H3,(H,19,20);2-3,5-8,21H,4,9-11H2,1H3,(H,19,20);2-7H,8-9H2,1H3,(H,21,22);4-7,20H,8H2,1-3H3,(H,18,19);1-6,18H,7H2,(H,14,17)(H,15,16);1-8H,9H2,(H,15,16);;4*1H4;;5*1H2;1H. The number of aryl methyl sites for hydroxylation is 2. The number of aromatic hydroxyl groups is 2. The van der Waals surface area contributed by atoms with Gasteiger partial charge >= 0.3 is 17.5 Å². The zero-order valence-corrected chi connectivity index (χ0v) is 80.5. The van der Waals surface area contributed by atoms with Crippen LogP contribution < -0.4 is 29.1 Å². The number of phenols is 1. The molecule has 0 aliphatic rings. The monoisotopic (exact) mass is 2080 g/mol. The van der Waals surface area contributed by atoms with E-state index >= 15 is 0 Å². The molecule has 0 bridgehead atoms. The summed E-state index contributed by atoms with van der Waals surface area (Å²) in [6.45, 7) is 15.4. The Morgan fingerprint density at radius 3 is 1.29 bits per heavy atom. The average molecular weight is 2080 g/mol. The molecule has 0 saturated carbocycles. The van der Waals surface area contributed by atoms with E-state index in [0.717, 1.165) is 177 Å². The molecule has 1 atom stereocenters. The van der Waals surface area contributed by atoms with Crippen molar-refractivity contribution >= 4 is 136 Å². The smallest absolute Gasteiger partial charge is 0.166 e. The first-order valence-electron chi connectivity index (χ1n) is 40.5. The molecule has 12 aromatic heterocycles. The van der Waals surface area contributed by atoms with Crippen LogP contribution in [-0.2, 0) is 50.0 Å². The van der Waals surface area contributed by atoms with Crippen LogP contribution in [0.1, 0.15) is 105 Å². The number of rotatable bonds is 27. The van der Waals surface area contributed by atoms with E-state index in [0.29, 0.717) is 52.4 Å². The molecular formula is C97H119F5N18O16S6. The van der Waals surface area contributed by atoms with Gasteiger partial charge in [0.25, 0.3) is 0 Å². The Hall–Kier alpha value is -13.5. The van der Waals surface area contributed by atoms with Gasteiger partial charge in [-0.05, 0) is 139 Å². The number of fused-ring (bicyclic) bond motifs is 6. The number of aromatic amines is 7. The van der Waals surface area contributed by atoms with E-state index in [1.165, 1.54) is 48.1 Å². The molecule has 0 amide bonds. The molecule has 0 spiro atoms. The molecule has 0 aliphatic carbocycles. The molecule has 18 aromatic rings. The zero-order chi connectivity index (χ0) is 94.9. The summed E-state index contributed by atoms with van der Waals surface area (Å²) in [6.07, 6.45) is 6.39. The third-order valence-corrected chi connectivity index (χ3v) is 25.1. The SMILES string of the molecule is C.C.C.C.COc1c(C)cnc(CSc2nc3ccc(O)cc3[nH]2)c1C.COc1ccc2nc(S(=O)Cc3ncc(C)c(OC)c3C)[nH]c2c1.Cc1c(OCC(F)(F)F)ccnc1CSc1nc2ccccc2[nH]1.Cc1c(OCCCO)ccnc1CSc1nc2ccccc2[nH]1.FF.O.O.O.O.O.O=c1cc[nH]c(CSc2nc3ccccc3[nH]2)c1O.[C-]#[O+].[HH].c1ccc(CSc2nc3ccccc3[nH]2)nc1. The molecule has 34 nitrogen and oxygen atoms in total. The number of phenolic OH excluding ortho intramolecular Hbond substituents is 1. The number of thioether (sulfide) groups is 5. The van der Waals surface area contributed by atoms with E-state index < -0.39 is 23.6 Å². The number of ether oxygens (including phenoxy) is 5. The van der Waals surface area contributed by atoms with Crippen molar-refractivity contribution in [1.82, 2.24) is 89.7 Å². The van der Waals surface area contributed by atoms with Gasteiger partial charge < -0.3 is 101 Å². The van der Waals surface area contributed by atoms with Gasteiger partial charge in [-0.2, -0.15) is 13.2 Å². The van der Waals surface area contributed by atoms with Crippen LogP contribution in [0.25, 0.3) is 66.2 Å². The minimum Gasteiger partial charge on any atom is -0.333 e. The second-order valence-electron chi connectivity index (χ2n) is 28.5. The van der Waals surface area contributed by atoms with Crippen molar-refractivity contribution in [3.8, 4) is 40.2 Å². The van der Waals surface area contributed by atoms with Gasteiger partial charge in [-0.1, -0.05) is 143 Å². The summed E-state index contributed by atoms with van der Waals surface area (Å²) in [5.41, 5.74) is 21.2. The summed E-state index contributed by atoms with van der Waals surface area (Å²) in [6, 6.07) is 52.6. The first-order valence-corrected chi connectivity index (χ1v) is 46.7. The van der Waals surface area contributed by atoms with Gasteiger partial charge in [0.15, 0.2) is 43.3 Å². The van der Waals surface area contributed by atoms with Gasteiger partial charge in [0.1, 0.15) is 34.5 Å². The average Bonchev–Trinajstić information content (AvgIpc) is 1.70. The number of aliphatic hydroxyl groups excluding tert-OH is 1. The number of nitrogens with one attached hydrogen (secondary N) is 7. The number of halogens is 5. The van der Waals surface area contributed by atoms with Crippen LogP contribution in [-0.4, -0.2) is 184 Å². The summed E-state index contributed by atoms with van der Waals surface area (Å²) in [4.78, 5) is 82.1. The largest absolute Gasteiger partial charge is 0.333 e. The second kappa shape index (κ2) is 61.9. The van der Waals surface area contributed by atoms with E-state index in [2.05, 4.69) is 96.4 Å². The van der Waals surface area contributed by atoms with Crippen LogP contribution in [0.15, 0.2) is 243 Å². The van der Waals surface area contributed by atoms with Crippen molar-refractivity contribution in [1.29, 1.82) is 0 Å². The van der Waals surface area contributed by atoms with Gasteiger partial charge in [0.2, 0.25) is 5.43 Å². The third-order valence-electron chi connectivity index (χ3n) is 19.5. The minimum atomic E-state index is -4.36. The van der Waals surface area contributed by atoms with E-state index in [9.17, 15) is 32.4 Å². The number of methoxy groups -OCH3 is 3. The predicted octanol–water partition coefficient (Wildman–Crippen LogP) is 19.3. The topological polar surface area (TPSA) is 571 Å². The minimum absolute atomic E-state index is 0. The molecule has 1 unspecified atom stereocenters. The number of nitrogens with zero attached hydrogens (tertiary/aromatic N) is 11. The Balaban J connectivity index is 0.000000842. The summed E-state index contributed by atoms with van der Waals surface area (Å²) in [7, 11) is 3.58. The van der Waals surface area contributed by atoms with Crippen LogP contribution in [0.4, 0.5) is 22.3 Å². The Morgan fingerprint density at radius 1 is 0.444 bits per heavy atom. The normalized spacial score (nSPS) is 10.4. The van der Waals surface area contributed by atoms with Crippen LogP contribution >= 0.6 is 58.8 Å². The van der Waals surface area contributed by atoms with E-state index in [-0.39, 0.29) is 93.6 Å². The second-order valence-corrected chi connectivity index (χ2v) is 34.7. The number of aromatic nitrogens is 18. The zero-order valence-electron chi connectivity index (χ0n) is 75.6. The molecular weight excluding hydrogens is 1960 g/mol. The molecule has 18 rings (SSSR count). The first-order chi connectivity index (χ1) is 64.5. The number of alkyl halides is 3. The van der Waals surface area contributed by atoms with Crippen LogP contribution in [0.3, 0.4) is 0 Å². The predicted molar refractivity (Wildman–Crippen MR) is 556 cm³/mol. The van der Waals surface area contributed by atoms with Crippen molar-refractivity contribution in [2.24, 2.45) is 0 Å². The fraction of sp³-hybridized carbons (Fsp3) is 0.247. The molecule has 764 valence electrons. The maximum Gasteiger partial charge on any atom is 0.166 e. The number of H-pyrrole nitrogens is 7. The Labute approximate surface area is 841 Å². The molecule has 0 saturated heterocycles. The number of pyridine rings is 6. The Kier molecular flexibility index (Phi) is 54.3. The van der Waals surface area contributed by atoms with Crippen LogP contribution in [0, 0.1) is 48.2 Å². The maximum atomic E-state index is 12.7. The number of hydrogen-bond donors (Lipinski definition) is 10. The van der Waals surface area contributed by atoms with Crippen molar-refractivity contribution in [2.75, 3.05) is 41.2 Å². The van der Waals surface area contributed by atoms with Gasteiger partial charge in [0, 0.05) is 141 Å². The Bertz CT molecular complexity index is 6860. The van der Waals surface area contributed by atoms with Crippen LogP contribution in [0.5, 0.6) is 40.2 Å². The number of hydrogen-bond acceptors (Lipinski definition) is 26. The summed E-state index contributed by atoms with van der Waals surface area (Å²) in [5.74, 6) is 6.89. The quantitative estimate of drug-likeness (QED) is 0.00751. The molecule has 0 radical (unpaired) electrons. The van der Waals surface area contributed by atoms with Crippen molar-refractivity contribution in [2.45, 2.75) is 149 Å². The molecule has 0 fully saturated rings. The number of aliphatic hydroxyl groups is 1. The fourth-order valence-corrected chi connectivity index (χ4v) is 18.3. The number of para-hydroxylation sites is 8. The van der Waals surface area contributed by atoms with E-state index in [1.807, 2.05) is 187 Å². The van der Waals surface area contributed by atoms with Crippen molar-refractivity contribution in [3.05, 3.63) is 291 Å². The Morgan fingerprint density at radius 2 is 0.845 bits per heavy atom. The number of benzene rings is 6. The molecule has 6 aromatic carbocycles. The van der Waals surface area contributed by atoms with Gasteiger partial charge in [0.05, 0.1) is 145 Å². The van der Waals surface area contributed by atoms with E-state index in [4.69, 9.17) is 42.6 Å². The fourth-order valence-electron chi connectivity index (χ4n) is 12.8. The summed E-state index contributed by atoms with van der Waals surface area (Å²) < 4.78 is 99.6. The van der Waals surface area contributed by atoms with Crippen molar-refractivity contribution < 1.29 is 99.0 Å². The van der Waals surface area contributed by atoms with Crippen LogP contribution in [0.2, 0.25) is 0 Å². The van der Waals surface area contributed by atoms with Gasteiger partial charge in [-0.15, -0.1) is 0 Å². The van der Waals surface area contributed by atoms with Gasteiger partial charge in [-0.3, -0.25) is 33.9 Å². The number of imidazole rings is 6. The summed E-state index contributed by atoms with van der Waals surface area (Å²) in [5, 5.41) is 32.5. The summed E-state index contributed by atoms with van der Waals surface area (Å²) >= 11 is 7.74. The first kappa shape index (κ1) is 125. The maximum absolute atomic E-state index is 12.7. The molecule has 20 N–H and O–H groups in total. The molecule has 12 heterocycles. The van der Waals surface area contributed by atoms with Crippen molar-refractivity contribution in [3.63, 3.8) is 0 Å².